The number of hydrogen-bond donors (Lipinski definition) is 1. The molecule has 0 radical (unpaired) electrons. The van der Waals surface area contributed by atoms with Gasteiger partial charge in [-0.25, -0.2) is 0 Å². The molecule has 0 aromatic rings. The van der Waals surface area contributed by atoms with Gasteiger partial charge in [-0.15, -0.1) is 0 Å². The summed E-state index contributed by atoms with van der Waals surface area (Å²) < 4.78 is 43.9. The monoisotopic (exact) mass is 280 g/mol. The predicted octanol–water partition coefficient (Wildman–Crippen LogP) is 2.02. The lowest BCUT2D eigenvalue weighted by molar-refractivity contribution is -0.188. The standard InChI is InChI=1S/C13H23F3N2O/c14-13(15,16)11-3-1-5-18(7-11)9-12(8-17)4-2-6-19-10-12/h11H,1-10,17H2. The van der Waals surface area contributed by atoms with Crippen molar-refractivity contribution >= 4 is 0 Å². The van der Waals surface area contributed by atoms with Crippen LogP contribution in [-0.4, -0.2) is 50.5 Å². The Morgan fingerprint density at radius 1 is 1.32 bits per heavy atom. The van der Waals surface area contributed by atoms with E-state index in [0.717, 1.165) is 26.0 Å². The molecule has 2 N–H and O–H groups in total. The summed E-state index contributed by atoms with van der Waals surface area (Å²) in [5, 5.41) is 0. The van der Waals surface area contributed by atoms with Gasteiger partial charge < -0.3 is 15.4 Å². The molecule has 0 amide bonds. The van der Waals surface area contributed by atoms with Gasteiger partial charge in [0.25, 0.3) is 0 Å². The van der Waals surface area contributed by atoms with E-state index in [1.54, 1.807) is 0 Å². The number of nitrogens with zero attached hydrogens (tertiary/aromatic N) is 1. The normalized spacial score (nSPS) is 34.4. The molecule has 19 heavy (non-hydrogen) atoms. The number of alkyl halides is 3. The Balaban J connectivity index is 1.94. The van der Waals surface area contributed by atoms with E-state index in [-0.39, 0.29) is 18.4 Å². The smallest absolute Gasteiger partial charge is 0.381 e. The highest BCUT2D eigenvalue weighted by atomic mass is 19.4. The SMILES string of the molecule is NCC1(CN2CCCC(C(F)(F)F)C2)CCCOC1. The second-order valence-electron chi connectivity index (χ2n) is 5.98. The molecule has 2 aliphatic heterocycles. The molecule has 2 saturated heterocycles. The highest BCUT2D eigenvalue weighted by Crippen LogP contribution is 2.35. The summed E-state index contributed by atoms with van der Waals surface area (Å²) in [6.45, 7) is 3.31. The molecule has 0 aromatic heterocycles. The molecule has 0 aliphatic carbocycles. The van der Waals surface area contributed by atoms with Gasteiger partial charge in [-0.2, -0.15) is 13.2 Å². The Morgan fingerprint density at radius 2 is 2.11 bits per heavy atom. The lowest BCUT2D eigenvalue weighted by Gasteiger charge is -2.42. The minimum absolute atomic E-state index is 0.116. The molecular weight excluding hydrogens is 257 g/mol. The molecule has 6 heteroatoms. The maximum absolute atomic E-state index is 12.8. The average Bonchev–Trinajstić information content (AvgIpc) is 2.39. The zero-order chi connectivity index (χ0) is 13.9. The molecular formula is C13H23F3N2O. The topological polar surface area (TPSA) is 38.5 Å². The first-order valence-corrected chi connectivity index (χ1v) is 7.02. The van der Waals surface area contributed by atoms with Crippen LogP contribution in [-0.2, 0) is 4.74 Å². The van der Waals surface area contributed by atoms with Crippen molar-refractivity contribution in [2.75, 3.05) is 39.4 Å². The van der Waals surface area contributed by atoms with Crippen LogP contribution in [0.5, 0.6) is 0 Å². The highest BCUT2D eigenvalue weighted by Gasteiger charge is 2.43. The first-order valence-electron chi connectivity index (χ1n) is 7.02. The van der Waals surface area contributed by atoms with Gasteiger partial charge in [0, 0.05) is 31.7 Å². The van der Waals surface area contributed by atoms with Crippen LogP contribution in [0.4, 0.5) is 13.2 Å². The van der Waals surface area contributed by atoms with Gasteiger partial charge in [0.05, 0.1) is 12.5 Å². The molecule has 0 saturated carbocycles. The Labute approximate surface area is 112 Å². The molecule has 2 aliphatic rings. The number of nitrogens with two attached hydrogens (primary N) is 1. The van der Waals surface area contributed by atoms with E-state index in [2.05, 4.69) is 0 Å². The van der Waals surface area contributed by atoms with Gasteiger partial charge in [-0.3, -0.25) is 0 Å². The van der Waals surface area contributed by atoms with Crippen LogP contribution in [0.25, 0.3) is 0 Å². The molecule has 2 heterocycles. The first kappa shape index (κ1) is 15.1. The number of piperidine rings is 1. The molecule has 2 rings (SSSR count). The average molecular weight is 280 g/mol. The van der Waals surface area contributed by atoms with Crippen molar-refractivity contribution < 1.29 is 17.9 Å². The Morgan fingerprint density at radius 3 is 2.68 bits per heavy atom. The van der Waals surface area contributed by atoms with Crippen LogP contribution in [0.1, 0.15) is 25.7 Å². The number of likely N-dealkylation sites (tertiary alicyclic amines) is 1. The van der Waals surface area contributed by atoms with E-state index >= 15 is 0 Å². The van der Waals surface area contributed by atoms with Gasteiger partial charge in [0.15, 0.2) is 0 Å². The minimum atomic E-state index is -4.07. The van der Waals surface area contributed by atoms with Gasteiger partial charge in [-0.1, -0.05) is 0 Å². The summed E-state index contributed by atoms with van der Waals surface area (Å²) in [6.07, 6.45) is -1.29. The minimum Gasteiger partial charge on any atom is -0.381 e. The fourth-order valence-electron chi connectivity index (χ4n) is 3.20. The van der Waals surface area contributed by atoms with Crippen molar-refractivity contribution in [1.29, 1.82) is 0 Å². The van der Waals surface area contributed by atoms with Crippen molar-refractivity contribution in [1.82, 2.24) is 4.90 Å². The summed E-state index contributed by atoms with van der Waals surface area (Å²) in [5.74, 6) is -1.18. The maximum atomic E-state index is 12.8. The molecule has 112 valence electrons. The molecule has 2 atom stereocenters. The van der Waals surface area contributed by atoms with Crippen molar-refractivity contribution in [2.45, 2.75) is 31.9 Å². The summed E-state index contributed by atoms with van der Waals surface area (Å²) in [6, 6.07) is 0. The van der Waals surface area contributed by atoms with Gasteiger partial charge in [0.2, 0.25) is 0 Å². The van der Waals surface area contributed by atoms with Crippen LogP contribution in [0.3, 0.4) is 0 Å². The molecule has 0 spiro atoms. The Bertz CT molecular complexity index is 290. The summed E-state index contributed by atoms with van der Waals surface area (Å²) in [7, 11) is 0. The lowest BCUT2D eigenvalue weighted by Crippen LogP contribution is -2.51. The van der Waals surface area contributed by atoms with E-state index in [1.807, 2.05) is 4.90 Å². The maximum Gasteiger partial charge on any atom is 0.393 e. The second kappa shape index (κ2) is 5.97. The van der Waals surface area contributed by atoms with E-state index in [1.165, 1.54) is 0 Å². The first-order chi connectivity index (χ1) is 8.95. The van der Waals surface area contributed by atoms with Crippen LogP contribution < -0.4 is 5.73 Å². The Kier molecular flexibility index (Phi) is 4.74. The van der Waals surface area contributed by atoms with Gasteiger partial charge >= 0.3 is 6.18 Å². The molecule has 3 nitrogen and oxygen atoms in total. The lowest BCUT2D eigenvalue weighted by atomic mass is 9.81. The second-order valence-corrected chi connectivity index (χ2v) is 5.98. The van der Waals surface area contributed by atoms with Crippen molar-refractivity contribution in [3.63, 3.8) is 0 Å². The predicted molar refractivity (Wildman–Crippen MR) is 66.8 cm³/mol. The van der Waals surface area contributed by atoms with E-state index in [9.17, 15) is 13.2 Å². The largest absolute Gasteiger partial charge is 0.393 e. The van der Waals surface area contributed by atoms with E-state index in [0.29, 0.717) is 26.1 Å². The molecule has 0 bridgehead atoms. The third-order valence-corrected chi connectivity index (χ3v) is 4.36. The summed E-state index contributed by atoms with van der Waals surface area (Å²) in [5.41, 5.74) is 5.70. The van der Waals surface area contributed by atoms with Gasteiger partial charge in [-0.05, 0) is 32.2 Å². The van der Waals surface area contributed by atoms with Crippen LogP contribution >= 0.6 is 0 Å². The number of hydrogen-bond acceptors (Lipinski definition) is 3. The molecule has 2 unspecified atom stereocenters. The van der Waals surface area contributed by atoms with Crippen LogP contribution in [0.15, 0.2) is 0 Å². The highest BCUT2D eigenvalue weighted by molar-refractivity contribution is 4.88. The Hall–Kier alpha value is -0.330. The van der Waals surface area contributed by atoms with E-state index < -0.39 is 12.1 Å². The van der Waals surface area contributed by atoms with Crippen LogP contribution in [0.2, 0.25) is 0 Å². The number of halogens is 3. The third kappa shape index (κ3) is 3.83. The number of ether oxygens (including phenoxy) is 1. The molecule has 2 fully saturated rings. The zero-order valence-corrected chi connectivity index (χ0v) is 11.2. The fraction of sp³-hybridized carbons (Fsp3) is 1.00. The van der Waals surface area contributed by atoms with Crippen molar-refractivity contribution in [2.24, 2.45) is 17.1 Å². The fourth-order valence-corrected chi connectivity index (χ4v) is 3.20. The van der Waals surface area contributed by atoms with Crippen molar-refractivity contribution in [3.8, 4) is 0 Å². The van der Waals surface area contributed by atoms with E-state index in [4.69, 9.17) is 10.5 Å². The van der Waals surface area contributed by atoms with Gasteiger partial charge in [0.1, 0.15) is 0 Å². The number of rotatable bonds is 3. The molecule has 0 aromatic carbocycles. The summed E-state index contributed by atoms with van der Waals surface area (Å²) in [4.78, 5) is 1.93. The van der Waals surface area contributed by atoms with Crippen LogP contribution in [0, 0.1) is 11.3 Å². The summed E-state index contributed by atoms with van der Waals surface area (Å²) >= 11 is 0. The quantitative estimate of drug-likeness (QED) is 0.859. The van der Waals surface area contributed by atoms with Crippen molar-refractivity contribution in [3.05, 3.63) is 0 Å². The zero-order valence-electron chi connectivity index (χ0n) is 11.2. The third-order valence-electron chi connectivity index (χ3n) is 4.36.